The van der Waals surface area contributed by atoms with Gasteiger partial charge in [-0.3, -0.25) is 0 Å². The zero-order valence-electron chi connectivity index (χ0n) is 19.2. The van der Waals surface area contributed by atoms with Crippen molar-refractivity contribution in [3.8, 4) is 11.8 Å². The van der Waals surface area contributed by atoms with Gasteiger partial charge in [-0.25, -0.2) is 4.39 Å². The smallest absolute Gasteiger partial charge is 0.146 e. The Bertz CT molecular complexity index is 1120. The highest BCUT2D eigenvalue weighted by molar-refractivity contribution is 5.85. The average molecular weight is 425 g/mol. The lowest BCUT2D eigenvalue weighted by molar-refractivity contribution is 0.376. The third-order valence-electron chi connectivity index (χ3n) is 6.92. The van der Waals surface area contributed by atoms with Crippen LogP contribution in [0.4, 0.5) is 4.39 Å². The summed E-state index contributed by atoms with van der Waals surface area (Å²) in [5, 5.41) is 1.62. The maximum atomic E-state index is 15.2. The van der Waals surface area contributed by atoms with E-state index in [-0.39, 0.29) is 5.82 Å². The van der Waals surface area contributed by atoms with E-state index in [2.05, 4.69) is 55.7 Å². The Labute approximate surface area is 192 Å². The second-order valence-corrected chi connectivity index (χ2v) is 9.16. The van der Waals surface area contributed by atoms with Gasteiger partial charge in [0.1, 0.15) is 5.82 Å². The fourth-order valence-electron chi connectivity index (χ4n) is 4.82. The molecule has 0 bridgehead atoms. The van der Waals surface area contributed by atoms with Crippen molar-refractivity contribution in [2.45, 2.75) is 64.2 Å². The van der Waals surface area contributed by atoms with Crippen molar-refractivity contribution in [1.29, 1.82) is 0 Å². The summed E-state index contributed by atoms with van der Waals surface area (Å²) in [6.45, 7) is 6.16. The van der Waals surface area contributed by atoms with E-state index in [4.69, 9.17) is 0 Å². The molecule has 0 amide bonds. The van der Waals surface area contributed by atoms with Crippen molar-refractivity contribution in [2.24, 2.45) is 5.92 Å². The first kappa shape index (κ1) is 22.3. The predicted molar refractivity (Wildman–Crippen MR) is 134 cm³/mol. The van der Waals surface area contributed by atoms with E-state index in [1.54, 1.807) is 0 Å². The molecule has 3 aromatic rings. The van der Waals surface area contributed by atoms with Crippen LogP contribution in [0, 0.1) is 23.6 Å². The Morgan fingerprint density at radius 2 is 1.72 bits per heavy atom. The van der Waals surface area contributed by atoms with Gasteiger partial charge in [-0.15, -0.1) is 6.58 Å². The zero-order valence-corrected chi connectivity index (χ0v) is 19.2. The molecule has 3 aromatic carbocycles. The highest BCUT2D eigenvalue weighted by Gasteiger charge is 2.21. The van der Waals surface area contributed by atoms with Gasteiger partial charge in [-0.1, -0.05) is 74.1 Å². The summed E-state index contributed by atoms with van der Waals surface area (Å²) in [7, 11) is 0. The van der Waals surface area contributed by atoms with Crippen LogP contribution in [0.25, 0.3) is 10.8 Å². The number of rotatable bonds is 6. The maximum absolute atomic E-state index is 15.2. The van der Waals surface area contributed by atoms with Crippen LogP contribution >= 0.6 is 0 Å². The third-order valence-corrected chi connectivity index (χ3v) is 6.92. The van der Waals surface area contributed by atoms with Crippen LogP contribution in [0.15, 0.2) is 67.3 Å². The van der Waals surface area contributed by atoms with Gasteiger partial charge in [0, 0.05) is 10.9 Å². The summed E-state index contributed by atoms with van der Waals surface area (Å²) in [5.74, 6) is 7.20. The Balaban J connectivity index is 1.49. The summed E-state index contributed by atoms with van der Waals surface area (Å²) in [5.41, 5.74) is 4.06. The van der Waals surface area contributed by atoms with Gasteiger partial charge in [0.25, 0.3) is 0 Å². The van der Waals surface area contributed by atoms with Gasteiger partial charge in [0.2, 0.25) is 0 Å². The molecule has 0 radical (unpaired) electrons. The summed E-state index contributed by atoms with van der Waals surface area (Å²) < 4.78 is 15.2. The minimum Gasteiger partial charge on any atom is -0.205 e. The first-order chi connectivity index (χ1) is 15.7. The van der Waals surface area contributed by atoms with Gasteiger partial charge in [-0.2, -0.15) is 0 Å². The topological polar surface area (TPSA) is 0 Å². The van der Waals surface area contributed by atoms with E-state index < -0.39 is 0 Å². The van der Waals surface area contributed by atoms with Gasteiger partial charge in [-0.05, 0) is 85.1 Å². The third kappa shape index (κ3) is 5.31. The molecule has 1 saturated carbocycles. The SMILES string of the molecule is C=CC1CCC(c2ccc3c(F)c(C#Cc4ccc(CCCCC)cc4)ccc3c2)CC1. The second-order valence-electron chi connectivity index (χ2n) is 9.16. The van der Waals surface area contributed by atoms with Gasteiger partial charge in [0.05, 0.1) is 5.56 Å². The van der Waals surface area contributed by atoms with E-state index in [9.17, 15) is 0 Å². The van der Waals surface area contributed by atoms with Crippen molar-refractivity contribution in [1.82, 2.24) is 0 Å². The number of hydrogen-bond donors (Lipinski definition) is 0. The van der Waals surface area contributed by atoms with Crippen LogP contribution in [0.2, 0.25) is 0 Å². The molecular weight excluding hydrogens is 391 g/mol. The van der Waals surface area contributed by atoms with Crippen LogP contribution < -0.4 is 0 Å². The molecule has 32 heavy (non-hydrogen) atoms. The molecule has 0 saturated heterocycles. The number of fused-ring (bicyclic) bond motifs is 1. The zero-order chi connectivity index (χ0) is 22.3. The highest BCUT2D eigenvalue weighted by atomic mass is 19.1. The van der Waals surface area contributed by atoms with Crippen molar-refractivity contribution < 1.29 is 4.39 Å². The molecule has 1 fully saturated rings. The van der Waals surface area contributed by atoms with E-state index in [0.717, 1.165) is 17.4 Å². The molecule has 0 spiro atoms. The van der Waals surface area contributed by atoms with Crippen molar-refractivity contribution in [3.63, 3.8) is 0 Å². The van der Waals surface area contributed by atoms with Crippen LogP contribution in [0.3, 0.4) is 0 Å². The molecule has 0 heterocycles. The van der Waals surface area contributed by atoms with Gasteiger partial charge < -0.3 is 0 Å². The maximum Gasteiger partial charge on any atom is 0.146 e. The number of halogens is 1. The fraction of sp³-hybridized carbons (Fsp3) is 0.355. The number of hydrogen-bond acceptors (Lipinski definition) is 0. The van der Waals surface area contributed by atoms with Crippen LogP contribution in [-0.2, 0) is 6.42 Å². The van der Waals surface area contributed by atoms with Gasteiger partial charge >= 0.3 is 0 Å². The summed E-state index contributed by atoms with van der Waals surface area (Å²) in [6.07, 6.45) is 11.7. The van der Waals surface area contributed by atoms with Crippen molar-refractivity contribution >= 4 is 10.8 Å². The first-order valence-corrected chi connectivity index (χ1v) is 12.1. The largest absolute Gasteiger partial charge is 0.205 e. The highest BCUT2D eigenvalue weighted by Crippen LogP contribution is 2.37. The monoisotopic (exact) mass is 424 g/mol. The molecule has 0 atom stereocenters. The van der Waals surface area contributed by atoms with E-state index in [1.807, 2.05) is 30.3 Å². The Morgan fingerprint density at radius 1 is 0.938 bits per heavy atom. The minimum atomic E-state index is -0.215. The molecule has 0 unspecified atom stereocenters. The van der Waals surface area contributed by atoms with E-state index >= 15 is 4.39 Å². The van der Waals surface area contributed by atoms with E-state index in [0.29, 0.717) is 22.8 Å². The normalized spacial score (nSPS) is 18.2. The van der Waals surface area contributed by atoms with Gasteiger partial charge in [0.15, 0.2) is 0 Å². The summed E-state index contributed by atoms with van der Waals surface area (Å²) >= 11 is 0. The lowest BCUT2D eigenvalue weighted by Gasteiger charge is -2.27. The molecule has 0 nitrogen and oxygen atoms in total. The Morgan fingerprint density at radius 3 is 2.44 bits per heavy atom. The standard InChI is InChI=1S/C31H33F/c1-3-5-6-7-24-8-10-25(11-9-24)14-17-27-18-19-29-22-28(20-21-30(29)31(27)32)26-15-12-23(4-2)13-16-26/h4,8-11,18-23,26H,2-3,5-7,12-13,15-16H2,1H3. The molecule has 4 rings (SSSR count). The minimum absolute atomic E-state index is 0.215. The molecular formula is C31H33F. The van der Waals surface area contributed by atoms with Crippen LogP contribution in [0.1, 0.15) is 80.0 Å². The lowest BCUT2D eigenvalue weighted by atomic mass is 9.78. The van der Waals surface area contributed by atoms with Crippen molar-refractivity contribution in [2.75, 3.05) is 0 Å². The second kappa shape index (κ2) is 10.6. The molecule has 164 valence electrons. The molecule has 1 aliphatic carbocycles. The quantitative estimate of drug-likeness (QED) is 0.211. The molecule has 0 N–H and O–H groups in total. The Hall–Kier alpha value is -2.85. The number of unbranched alkanes of at least 4 members (excludes halogenated alkanes) is 2. The summed E-state index contributed by atoms with van der Waals surface area (Å²) in [4.78, 5) is 0. The first-order valence-electron chi connectivity index (χ1n) is 12.1. The Kier molecular flexibility index (Phi) is 7.43. The summed E-state index contributed by atoms with van der Waals surface area (Å²) in [6, 6.07) is 18.4. The number of allylic oxidation sites excluding steroid dienone is 1. The average Bonchev–Trinajstić information content (AvgIpc) is 2.84. The van der Waals surface area contributed by atoms with Crippen LogP contribution in [-0.4, -0.2) is 0 Å². The van der Waals surface area contributed by atoms with Crippen LogP contribution in [0.5, 0.6) is 0 Å². The van der Waals surface area contributed by atoms with E-state index in [1.165, 1.54) is 56.1 Å². The predicted octanol–water partition coefficient (Wildman–Crippen LogP) is 8.57. The molecule has 0 aliphatic heterocycles. The lowest BCUT2D eigenvalue weighted by Crippen LogP contribution is -2.11. The fourth-order valence-corrected chi connectivity index (χ4v) is 4.82. The van der Waals surface area contributed by atoms with Crippen molar-refractivity contribution in [3.05, 3.63) is 95.3 Å². The molecule has 0 aromatic heterocycles. The molecule has 1 aliphatic rings. The number of aryl methyl sites for hydroxylation is 1. The number of benzene rings is 3. The molecule has 1 heteroatoms.